The third-order valence-corrected chi connectivity index (χ3v) is 6.76. The Kier molecular flexibility index (Phi) is 13.6. The lowest BCUT2D eigenvalue weighted by Crippen LogP contribution is -2.45. The van der Waals surface area contributed by atoms with E-state index in [1.54, 1.807) is 32.2 Å². The molecule has 0 spiro atoms. The summed E-state index contributed by atoms with van der Waals surface area (Å²) in [6.07, 6.45) is 4.55. The normalized spacial score (nSPS) is 14.9. The summed E-state index contributed by atoms with van der Waals surface area (Å²) >= 11 is 16.7. The second kappa shape index (κ2) is 15.1. The topological polar surface area (TPSA) is 90.9 Å². The molecule has 7 nitrogen and oxygen atoms in total. The zero-order valence-corrected chi connectivity index (χ0v) is 23.7. The molecule has 0 aliphatic rings. The SMILES string of the molecule is COc1ccc(COC(=O)[C@@H](C)[C@@H](C/C=C\CCC(=O)OCC(Cl)(Cl)Cl)N[S@](=O)C(C)(C)C)cc1. The van der Waals surface area contributed by atoms with Gasteiger partial charge < -0.3 is 14.2 Å². The Morgan fingerprint density at radius 2 is 1.71 bits per heavy atom. The predicted octanol–water partition coefficient (Wildman–Crippen LogP) is 5.43. The van der Waals surface area contributed by atoms with E-state index >= 15 is 0 Å². The highest BCUT2D eigenvalue weighted by Gasteiger charge is 2.29. The van der Waals surface area contributed by atoms with Crippen molar-refractivity contribution in [1.82, 2.24) is 4.72 Å². The largest absolute Gasteiger partial charge is 0.497 e. The number of carbonyl (C=O) groups excluding carboxylic acids is 2. The number of alkyl halides is 3. The molecule has 11 heteroatoms. The van der Waals surface area contributed by atoms with Crippen molar-refractivity contribution in [3.05, 3.63) is 42.0 Å². The highest BCUT2D eigenvalue weighted by Crippen LogP contribution is 2.26. The van der Waals surface area contributed by atoms with Gasteiger partial charge in [-0.15, -0.1) is 0 Å². The van der Waals surface area contributed by atoms with E-state index in [1.165, 1.54) is 0 Å². The molecule has 0 aromatic heterocycles. The summed E-state index contributed by atoms with van der Waals surface area (Å²) in [6, 6.07) is 6.79. The molecule has 0 amide bonds. The number of hydrogen-bond acceptors (Lipinski definition) is 6. The Labute approximate surface area is 225 Å². The quantitative estimate of drug-likeness (QED) is 0.193. The molecule has 0 aliphatic heterocycles. The lowest BCUT2D eigenvalue weighted by molar-refractivity contribution is -0.150. The molecule has 3 atom stereocenters. The molecule has 0 fully saturated rings. The Bertz CT molecular complexity index is 865. The summed E-state index contributed by atoms with van der Waals surface area (Å²) < 4.78 is 29.1. The molecule has 0 radical (unpaired) electrons. The van der Waals surface area contributed by atoms with Gasteiger partial charge in [0.05, 0.1) is 28.8 Å². The van der Waals surface area contributed by atoms with Crippen molar-refractivity contribution in [2.24, 2.45) is 5.92 Å². The maximum Gasteiger partial charge on any atom is 0.310 e. The smallest absolute Gasteiger partial charge is 0.310 e. The average molecular weight is 571 g/mol. The van der Waals surface area contributed by atoms with Gasteiger partial charge in [0.1, 0.15) is 19.0 Å². The molecule has 0 saturated heterocycles. The molecule has 1 N–H and O–H groups in total. The van der Waals surface area contributed by atoms with E-state index in [4.69, 9.17) is 49.0 Å². The Balaban J connectivity index is 2.68. The minimum Gasteiger partial charge on any atom is -0.497 e. The van der Waals surface area contributed by atoms with Crippen molar-refractivity contribution in [2.45, 2.75) is 68.1 Å². The van der Waals surface area contributed by atoms with Gasteiger partial charge in [-0.2, -0.15) is 0 Å². The Morgan fingerprint density at radius 3 is 2.26 bits per heavy atom. The van der Waals surface area contributed by atoms with E-state index in [-0.39, 0.29) is 19.6 Å². The van der Waals surface area contributed by atoms with Crippen LogP contribution in [0.3, 0.4) is 0 Å². The number of nitrogens with one attached hydrogen (secondary N) is 1. The van der Waals surface area contributed by atoms with E-state index in [0.29, 0.717) is 18.6 Å². The molecule has 0 unspecified atom stereocenters. The highest BCUT2D eigenvalue weighted by atomic mass is 35.6. The van der Waals surface area contributed by atoms with Crippen LogP contribution in [0.2, 0.25) is 0 Å². The first-order valence-electron chi connectivity index (χ1n) is 11.1. The molecule has 0 saturated carbocycles. The van der Waals surface area contributed by atoms with Crippen molar-refractivity contribution in [2.75, 3.05) is 13.7 Å². The van der Waals surface area contributed by atoms with E-state index in [2.05, 4.69) is 4.72 Å². The zero-order chi connectivity index (χ0) is 26.6. The zero-order valence-electron chi connectivity index (χ0n) is 20.6. The first kappa shape index (κ1) is 31.7. The van der Waals surface area contributed by atoms with Crippen LogP contribution in [0.4, 0.5) is 0 Å². The molecular weight excluding hydrogens is 537 g/mol. The molecule has 1 rings (SSSR count). The summed E-state index contributed by atoms with van der Waals surface area (Å²) in [5.74, 6) is -0.751. The van der Waals surface area contributed by atoms with Crippen LogP contribution in [0.15, 0.2) is 36.4 Å². The van der Waals surface area contributed by atoms with Crippen molar-refractivity contribution >= 4 is 57.7 Å². The van der Waals surface area contributed by atoms with Crippen molar-refractivity contribution in [3.8, 4) is 5.75 Å². The van der Waals surface area contributed by atoms with Crippen LogP contribution in [0.5, 0.6) is 5.75 Å². The molecule has 198 valence electrons. The van der Waals surface area contributed by atoms with Crippen molar-refractivity contribution in [3.63, 3.8) is 0 Å². The third kappa shape index (κ3) is 13.5. The Hall–Kier alpha value is -1.32. The number of carbonyl (C=O) groups is 2. The highest BCUT2D eigenvalue weighted by molar-refractivity contribution is 7.84. The standard InChI is InChI=1S/C24H34Cl3NO6S/c1-17(22(30)33-15-18-11-13-19(32-5)14-12-18)20(28-35(31)23(2,3)4)9-7-6-8-10-21(29)34-16-24(25,26)27/h6-7,11-14,17,20,28H,8-10,15-16H2,1-5H3/b7-6-/t17-,20+,35+/m0/s1. The number of hydrogen-bond donors (Lipinski definition) is 1. The molecule has 0 heterocycles. The fourth-order valence-corrected chi connectivity index (χ4v) is 3.73. The predicted molar refractivity (Wildman–Crippen MR) is 141 cm³/mol. The van der Waals surface area contributed by atoms with Crippen LogP contribution in [-0.4, -0.2) is 44.4 Å². The number of benzene rings is 1. The number of rotatable bonds is 13. The van der Waals surface area contributed by atoms with Crippen LogP contribution in [0.25, 0.3) is 0 Å². The summed E-state index contributed by atoms with van der Waals surface area (Å²) in [5, 5.41) is 0. The summed E-state index contributed by atoms with van der Waals surface area (Å²) in [6.45, 7) is 7.07. The molecule has 0 bridgehead atoms. The fraction of sp³-hybridized carbons (Fsp3) is 0.583. The van der Waals surface area contributed by atoms with E-state index in [9.17, 15) is 13.8 Å². The second-order valence-corrected chi connectivity index (χ2v) is 13.4. The maximum atomic E-state index is 12.7. The fourth-order valence-electron chi connectivity index (χ4n) is 2.64. The minimum absolute atomic E-state index is 0.114. The van der Waals surface area contributed by atoms with E-state index in [0.717, 1.165) is 5.56 Å². The van der Waals surface area contributed by atoms with Crippen LogP contribution < -0.4 is 9.46 Å². The summed E-state index contributed by atoms with van der Waals surface area (Å²) in [4.78, 5) is 24.5. The maximum absolute atomic E-state index is 12.7. The summed E-state index contributed by atoms with van der Waals surface area (Å²) in [7, 11) is 0.190. The van der Waals surface area contributed by atoms with E-state index in [1.807, 2.05) is 39.0 Å². The number of ether oxygens (including phenoxy) is 3. The van der Waals surface area contributed by atoms with Crippen molar-refractivity contribution in [1.29, 1.82) is 0 Å². The van der Waals surface area contributed by atoms with Gasteiger partial charge in [-0.25, -0.2) is 8.93 Å². The first-order valence-corrected chi connectivity index (χ1v) is 13.4. The average Bonchev–Trinajstić information content (AvgIpc) is 2.78. The summed E-state index contributed by atoms with van der Waals surface area (Å²) in [5.41, 5.74) is 0.829. The monoisotopic (exact) mass is 569 g/mol. The number of esters is 2. The number of methoxy groups -OCH3 is 1. The number of halogens is 3. The van der Waals surface area contributed by atoms with E-state index < -0.39 is 43.4 Å². The van der Waals surface area contributed by atoms with Crippen LogP contribution in [0.1, 0.15) is 52.5 Å². The molecule has 1 aromatic rings. The molecular formula is C24H34Cl3NO6S. The van der Waals surface area contributed by atoms with Gasteiger partial charge in [-0.05, 0) is 51.3 Å². The minimum atomic E-state index is -1.65. The van der Waals surface area contributed by atoms with Gasteiger partial charge in [0.15, 0.2) is 0 Å². The van der Waals surface area contributed by atoms with Crippen LogP contribution in [0, 0.1) is 5.92 Å². The Morgan fingerprint density at radius 1 is 1.09 bits per heavy atom. The van der Waals surface area contributed by atoms with Gasteiger partial charge in [0.2, 0.25) is 3.79 Å². The molecule has 35 heavy (non-hydrogen) atoms. The van der Waals surface area contributed by atoms with Crippen LogP contribution in [-0.2, 0) is 36.7 Å². The van der Waals surface area contributed by atoms with Gasteiger partial charge in [0, 0.05) is 12.5 Å². The molecule has 0 aliphatic carbocycles. The number of allylic oxidation sites excluding steroid dienone is 1. The van der Waals surface area contributed by atoms with Gasteiger partial charge >= 0.3 is 11.9 Å². The van der Waals surface area contributed by atoms with Gasteiger partial charge in [0.25, 0.3) is 0 Å². The first-order chi connectivity index (χ1) is 16.2. The van der Waals surface area contributed by atoms with Gasteiger partial charge in [-0.3, -0.25) is 9.59 Å². The van der Waals surface area contributed by atoms with Crippen LogP contribution >= 0.6 is 34.8 Å². The van der Waals surface area contributed by atoms with Gasteiger partial charge in [-0.1, -0.05) is 66.0 Å². The molecule has 1 aromatic carbocycles. The lowest BCUT2D eigenvalue weighted by Gasteiger charge is -2.27. The second-order valence-electron chi connectivity index (χ2n) is 8.87. The van der Waals surface area contributed by atoms with Crippen molar-refractivity contribution < 1.29 is 28.0 Å². The third-order valence-electron chi connectivity index (χ3n) is 4.80. The lowest BCUT2D eigenvalue weighted by atomic mass is 9.99.